The lowest BCUT2D eigenvalue weighted by atomic mass is 10.1. The zero-order valence-electron chi connectivity index (χ0n) is 6.63. The van der Waals surface area contributed by atoms with Gasteiger partial charge in [0.05, 0.1) is 6.61 Å². The Balaban J connectivity index is 0.000000605. The molecule has 12 heavy (non-hydrogen) atoms. The smallest absolute Gasteiger partial charge is 0.122 e. The van der Waals surface area contributed by atoms with Crippen LogP contribution in [-0.2, 0) is 6.42 Å². The molecule has 0 aliphatic carbocycles. The van der Waals surface area contributed by atoms with Crippen molar-refractivity contribution in [1.29, 1.82) is 0 Å². The Labute approximate surface area is 76.3 Å². The summed E-state index contributed by atoms with van der Waals surface area (Å²) in [5, 5.41) is 0. The Kier molecular flexibility index (Phi) is 3.88. The van der Waals surface area contributed by atoms with E-state index in [0.717, 1.165) is 18.8 Å². The highest BCUT2D eigenvalue weighted by atomic mass is 16.5. The second-order valence-electron chi connectivity index (χ2n) is 2.71. The highest BCUT2D eigenvalue weighted by Gasteiger charge is 2.09. The summed E-state index contributed by atoms with van der Waals surface area (Å²) in [6.07, 6.45) is 1.08. The Morgan fingerprint density at radius 1 is 1.33 bits per heavy atom. The minimum atomic E-state index is 0. The molecule has 0 bridgehead atoms. The summed E-state index contributed by atoms with van der Waals surface area (Å²) in [4.78, 5) is 0. The molecular weight excluding hydrogens is 147 g/mol. The average molecular weight is 161 g/mol. The van der Waals surface area contributed by atoms with E-state index in [2.05, 4.69) is 25.1 Å². The first-order chi connectivity index (χ1) is 4.86. The van der Waals surface area contributed by atoms with Gasteiger partial charge in [-0.25, -0.2) is 0 Å². The summed E-state index contributed by atoms with van der Waals surface area (Å²) < 4.78 is 5.35. The molecule has 63 valence electrons. The largest absolute Gasteiger partial charge is 0.493 e. The molecule has 0 unspecified atom stereocenters. The first-order valence-corrected chi connectivity index (χ1v) is 3.58. The lowest BCUT2D eigenvalue weighted by molar-refractivity contribution is 0.357. The van der Waals surface area contributed by atoms with Gasteiger partial charge in [-0.05, 0) is 18.6 Å². The molecule has 0 N–H and O–H groups in total. The van der Waals surface area contributed by atoms with Crippen LogP contribution in [0.5, 0.6) is 5.75 Å². The number of ether oxygens (including phenoxy) is 1. The van der Waals surface area contributed by atoms with Crippen LogP contribution >= 0.6 is 0 Å². The van der Waals surface area contributed by atoms with E-state index in [1.165, 1.54) is 11.1 Å². The molecule has 1 aromatic carbocycles. The van der Waals surface area contributed by atoms with E-state index in [1.54, 1.807) is 0 Å². The standard InChI is InChI=1S/C9H10O.CH4.B/c1-7-2-3-9-8(6-7)4-5-10-9;;/h2-3,6H,4-5H2,1H3;1H4;. The van der Waals surface area contributed by atoms with Crippen molar-refractivity contribution in [2.45, 2.75) is 20.8 Å². The average Bonchev–Trinajstić information content (AvgIpc) is 2.33. The number of hydrogen-bond acceptors (Lipinski definition) is 1. The van der Waals surface area contributed by atoms with Crippen LogP contribution in [0.25, 0.3) is 0 Å². The van der Waals surface area contributed by atoms with Crippen LogP contribution in [0, 0.1) is 6.92 Å². The third-order valence-electron chi connectivity index (χ3n) is 1.84. The number of hydrogen-bond donors (Lipinski definition) is 0. The summed E-state index contributed by atoms with van der Waals surface area (Å²) in [5.41, 5.74) is 2.68. The molecule has 1 aliphatic rings. The molecule has 3 radical (unpaired) electrons. The van der Waals surface area contributed by atoms with E-state index in [-0.39, 0.29) is 15.8 Å². The Morgan fingerprint density at radius 2 is 2.08 bits per heavy atom. The Bertz CT molecular complexity index is 258. The lowest BCUT2D eigenvalue weighted by Crippen LogP contribution is -1.85. The van der Waals surface area contributed by atoms with E-state index in [4.69, 9.17) is 4.74 Å². The maximum atomic E-state index is 5.35. The molecule has 2 rings (SSSR count). The van der Waals surface area contributed by atoms with Crippen molar-refractivity contribution >= 4 is 8.41 Å². The van der Waals surface area contributed by atoms with Gasteiger partial charge in [-0.2, -0.15) is 0 Å². The predicted octanol–water partition coefficient (Wildman–Crippen LogP) is 2.19. The normalized spacial score (nSPS) is 12.1. The number of benzene rings is 1. The van der Waals surface area contributed by atoms with Gasteiger partial charge < -0.3 is 4.74 Å². The van der Waals surface area contributed by atoms with Gasteiger partial charge in [0.2, 0.25) is 0 Å². The summed E-state index contributed by atoms with van der Waals surface area (Å²) in [5.74, 6) is 1.07. The first kappa shape index (κ1) is 11.1. The molecule has 1 aromatic rings. The molecule has 1 heterocycles. The van der Waals surface area contributed by atoms with Gasteiger partial charge in [-0.15, -0.1) is 0 Å². The lowest BCUT2D eigenvalue weighted by Gasteiger charge is -1.97. The van der Waals surface area contributed by atoms with Crippen LogP contribution in [0.2, 0.25) is 0 Å². The third kappa shape index (κ3) is 1.82. The summed E-state index contributed by atoms with van der Waals surface area (Å²) in [6, 6.07) is 6.34. The third-order valence-corrected chi connectivity index (χ3v) is 1.84. The van der Waals surface area contributed by atoms with Crippen molar-refractivity contribution in [3.8, 4) is 5.75 Å². The second-order valence-corrected chi connectivity index (χ2v) is 2.71. The van der Waals surface area contributed by atoms with Gasteiger partial charge in [-0.3, -0.25) is 0 Å². The fraction of sp³-hybridized carbons (Fsp3) is 0.400. The van der Waals surface area contributed by atoms with Crippen molar-refractivity contribution in [1.82, 2.24) is 0 Å². The maximum Gasteiger partial charge on any atom is 0.122 e. The number of fused-ring (bicyclic) bond motifs is 1. The molecule has 2 heteroatoms. The van der Waals surface area contributed by atoms with E-state index in [9.17, 15) is 0 Å². The van der Waals surface area contributed by atoms with Crippen molar-refractivity contribution in [3.05, 3.63) is 29.3 Å². The molecule has 0 saturated heterocycles. The zero-order valence-corrected chi connectivity index (χ0v) is 6.63. The Morgan fingerprint density at radius 3 is 2.83 bits per heavy atom. The molecule has 0 aromatic heterocycles. The van der Waals surface area contributed by atoms with Crippen molar-refractivity contribution in [2.24, 2.45) is 0 Å². The van der Waals surface area contributed by atoms with Crippen LogP contribution in [0.4, 0.5) is 0 Å². The molecule has 0 fully saturated rings. The van der Waals surface area contributed by atoms with Crippen molar-refractivity contribution in [2.75, 3.05) is 6.61 Å². The zero-order chi connectivity index (χ0) is 6.97. The molecule has 0 atom stereocenters. The van der Waals surface area contributed by atoms with Gasteiger partial charge in [0, 0.05) is 14.8 Å². The molecule has 0 amide bonds. The number of aryl methyl sites for hydroxylation is 1. The minimum absolute atomic E-state index is 0. The van der Waals surface area contributed by atoms with E-state index < -0.39 is 0 Å². The minimum Gasteiger partial charge on any atom is -0.493 e. The van der Waals surface area contributed by atoms with Crippen LogP contribution in [0.15, 0.2) is 18.2 Å². The Hall–Kier alpha value is -0.915. The highest BCUT2D eigenvalue weighted by molar-refractivity contribution is 5.75. The number of rotatable bonds is 0. The molecule has 1 nitrogen and oxygen atoms in total. The topological polar surface area (TPSA) is 9.23 Å². The fourth-order valence-electron chi connectivity index (χ4n) is 1.32. The van der Waals surface area contributed by atoms with Gasteiger partial charge >= 0.3 is 0 Å². The highest BCUT2D eigenvalue weighted by Crippen LogP contribution is 2.25. The van der Waals surface area contributed by atoms with E-state index >= 15 is 0 Å². The molecule has 1 aliphatic heterocycles. The molecular formula is C10H14BO. The maximum absolute atomic E-state index is 5.35. The van der Waals surface area contributed by atoms with Gasteiger partial charge in [-0.1, -0.05) is 25.1 Å². The van der Waals surface area contributed by atoms with E-state index in [1.807, 2.05) is 0 Å². The van der Waals surface area contributed by atoms with Crippen molar-refractivity contribution in [3.63, 3.8) is 0 Å². The quantitative estimate of drug-likeness (QED) is 0.530. The summed E-state index contributed by atoms with van der Waals surface area (Å²) in [6.45, 7) is 2.97. The summed E-state index contributed by atoms with van der Waals surface area (Å²) >= 11 is 0. The molecule has 0 spiro atoms. The SMILES string of the molecule is C.Cc1ccc2c(c1)CCO2.[B]. The molecule has 0 saturated carbocycles. The van der Waals surface area contributed by atoms with Gasteiger partial charge in [0.15, 0.2) is 0 Å². The van der Waals surface area contributed by atoms with Crippen LogP contribution in [-0.4, -0.2) is 15.0 Å². The summed E-state index contributed by atoms with van der Waals surface area (Å²) in [7, 11) is 0. The first-order valence-electron chi connectivity index (χ1n) is 3.58. The monoisotopic (exact) mass is 161 g/mol. The van der Waals surface area contributed by atoms with Crippen LogP contribution in [0.3, 0.4) is 0 Å². The van der Waals surface area contributed by atoms with E-state index in [0.29, 0.717) is 0 Å². The van der Waals surface area contributed by atoms with Gasteiger partial charge in [0.1, 0.15) is 5.75 Å². The predicted molar refractivity (Wildman–Crippen MR) is 52.9 cm³/mol. The second kappa shape index (κ2) is 4.20. The van der Waals surface area contributed by atoms with Crippen LogP contribution in [0.1, 0.15) is 18.6 Å². The fourth-order valence-corrected chi connectivity index (χ4v) is 1.32. The van der Waals surface area contributed by atoms with Crippen molar-refractivity contribution < 1.29 is 4.74 Å². The van der Waals surface area contributed by atoms with Gasteiger partial charge in [0.25, 0.3) is 0 Å². The van der Waals surface area contributed by atoms with Crippen LogP contribution < -0.4 is 4.74 Å².